The van der Waals surface area contributed by atoms with Gasteiger partial charge < -0.3 is 15.4 Å². The van der Waals surface area contributed by atoms with Gasteiger partial charge in [0.1, 0.15) is 5.75 Å². The highest BCUT2D eigenvalue weighted by atomic mass is 35.5. The maximum atomic E-state index is 12.0. The number of hydrogen-bond donors (Lipinski definition) is 2. The van der Waals surface area contributed by atoms with Crippen LogP contribution >= 0.6 is 12.4 Å². The summed E-state index contributed by atoms with van der Waals surface area (Å²) in [6.45, 7) is 12.4. The van der Waals surface area contributed by atoms with Crippen LogP contribution in [0.4, 0.5) is 0 Å². The second kappa shape index (κ2) is 10.5. The normalized spacial score (nSPS) is 11.7. The van der Waals surface area contributed by atoms with Gasteiger partial charge in [-0.2, -0.15) is 0 Å². The van der Waals surface area contributed by atoms with Crippen LogP contribution in [0.1, 0.15) is 44.7 Å². The number of carbonyl (C=O) groups is 1. The lowest BCUT2D eigenvalue weighted by molar-refractivity contribution is -0.127. The van der Waals surface area contributed by atoms with Crippen molar-refractivity contribution in [2.24, 2.45) is 0 Å². The quantitative estimate of drug-likeness (QED) is 0.721. The Balaban J connectivity index is 0.00000441. The van der Waals surface area contributed by atoms with Crippen molar-refractivity contribution in [2.75, 3.05) is 19.6 Å². The van der Waals surface area contributed by atoms with E-state index in [4.69, 9.17) is 4.74 Å². The van der Waals surface area contributed by atoms with Crippen molar-refractivity contribution >= 4 is 18.3 Å². The van der Waals surface area contributed by atoms with Crippen molar-refractivity contribution in [3.8, 4) is 5.75 Å². The second-order valence-corrected chi connectivity index (χ2v) is 5.58. The Hall–Kier alpha value is -1.26. The van der Waals surface area contributed by atoms with Crippen LogP contribution in [0.25, 0.3) is 0 Å². The lowest BCUT2D eigenvalue weighted by Gasteiger charge is -2.18. The minimum atomic E-state index is -0.493. The molecular formula is C17H29ClN2O2. The van der Waals surface area contributed by atoms with Gasteiger partial charge in [-0.25, -0.2) is 0 Å². The van der Waals surface area contributed by atoms with E-state index in [1.165, 1.54) is 5.56 Å². The van der Waals surface area contributed by atoms with E-state index in [1.807, 2.05) is 26.0 Å². The number of hydrogen-bond acceptors (Lipinski definition) is 3. The molecule has 0 saturated heterocycles. The van der Waals surface area contributed by atoms with Crippen molar-refractivity contribution in [3.63, 3.8) is 0 Å². The van der Waals surface area contributed by atoms with Crippen molar-refractivity contribution in [1.29, 1.82) is 0 Å². The number of amides is 1. The lowest BCUT2D eigenvalue weighted by Crippen LogP contribution is -2.39. The first-order valence-electron chi connectivity index (χ1n) is 7.71. The Kier molecular flexibility index (Phi) is 9.86. The highest BCUT2D eigenvalue weighted by molar-refractivity contribution is 5.85. The zero-order valence-electron chi connectivity index (χ0n) is 14.2. The molecule has 0 heterocycles. The Bertz CT molecular complexity index is 464. The number of nitrogens with one attached hydrogen (secondary N) is 2. The standard InChI is InChI=1S/C17H28N2O2.ClH/c1-6-18-9-10-19-17(20)14(5)21-16-11-15(12(2)3)8-7-13(16)4;/h7-8,11-12,14,18H,6,9-10H2,1-5H3,(H,19,20);1H. The second-order valence-electron chi connectivity index (χ2n) is 5.58. The molecule has 22 heavy (non-hydrogen) atoms. The number of carbonyl (C=O) groups excluding carboxylic acids is 1. The van der Waals surface area contributed by atoms with Gasteiger partial charge in [0.05, 0.1) is 0 Å². The van der Waals surface area contributed by atoms with Gasteiger partial charge in [-0.3, -0.25) is 4.79 Å². The van der Waals surface area contributed by atoms with E-state index in [2.05, 4.69) is 30.5 Å². The molecule has 1 amide bonds. The number of aryl methyl sites for hydroxylation is 1. The molecule has 0 bridgehead atoms. The van der Waals surface area contributed by atoms with Gasteiger partial charge in [0, 0.05) is 13.1 Å². The topological polar surface area (TPSA) is 50.4 Å². The molecule has 0 fully saturated rings. The van der Waals surface area contributed by atoms with Gasteiger partial charge in [0.15, 0.2) is 6.10 Å². The fourth-order valence-corrected chi connectivity index (χ4v) is 1.94. The predicted molar refractivity (Wildman–Crippen MR) is 94.2 cm³/mol. The summed E-state index contributed by atoms with van der Waals surface area (Å²) in [6, 6.07) is 6.18. The van der Waals surface area contributed by atoms with E-state index in [-0.39, 0.29) is 18.3 Å². The fourth-order valence-electron chi connectivity index (χ4n) is 1.94. The van der Waals surface area contributed by atoms with Crippen LogP contribution in [0.2, 0.25) is 0 Å². The Labute approximate surface area is 140 Å². The molecule has 1 aromatic carbocycles. The molecule has 4 nitrogen and oxygen atoms in total. The minimum absolute atomic E-state index is 0. The summed E-state index contributed by atoms with van der Waals surface area (Å²) in [5.74, 6) is 1.15. The zero-order valence-corrected chi connectivity index (χ0v) is 15.0. The largest absolute Gasteiger partial charge is 0.481 e. The van der Waals surface area contributed by atoms with E-state index in [0.29, 0.717) is 12.5 Å². The summed E-state index contributed by atoms with van der Waals surface area (Å²) in [7, 11) is 0. The molecule has 1 atom stereocenters. The monoisotopic (exact) mass is 328 g/mol. The van der Waals surface area contributed by atoms with Crippen molar-refractivity contribution in [1.82, 2.24) is 10.6 Å². The third-order valence-electron chi connectivity index (χ3n) is 3.40. The summed E-state index contributed by atoms with van der Waals surface area (Å²) in [6.07, 6.45) is -0.493. The zero-order chi connectivity index (χ0) is 15.8. The SMILES string of the molecule is CCNCCNC(=O)C(C)Oc1cc(C(C)C)ccc1C.Cl. The molecule has 0 aliphatic rings. The van der Waals surface area contributed by atoms with E-state index in [9.17, 15) is 4.79 Å². The average Bonchev–Trinajstić information content (AvgIpc) is 2.45. The lowest BCUT2D eigenvalue weighted by atomic mass is 10.0. The number of ether oxygens (including phenoxy) is 1. The van der Waals surface area contributed by atoms with Gasteiger partial charge in [-0.05, 0) is 43.5 Å². The van der Waals surface area contributed by atoms with Gasteiger partial charge >= 0.3 is 0 Å². The van der Waals surface area contributed by atoms with Gasteiger partial charge in [0.25, 0.3) is 5.91 Å². The van der Waals surface area contributed by atoms with Crippen LogP contribution in [-0.4, -0.2) is 31.6 Å². The van der Waals surface area contributed by atoms with Crippen LogP contribution in [0.5, 0.6) is 5.75 Å². The number of halogens is 1. The highest BCUT2D eigenvalue weighted by Crippen LogP contribution is 2.25. The minimum Gasteiger partial charge on any atom is -0.481 e. The van der Waals surface area contributed by atoms with Crippen LogP contribution < -0.4 is 15.4 Å². The molecule has 2 N–H and O–H groups in total. The van der Waals surface area contributed by atoms with E-state index in [0.717, 1.165) is 24.4 Å². The maximum absolute atomic E-state index is 12.0. The van der Waals surface area contributed by atoms with Crippen LogP contribution in [-0.2, 0) is 4.79 Å². The Morgan fingerprint density at radius 2 is 1.91 bits per heavy atom. The third-order valence-corrected chi connectivity index (χ3v) is 3.40. The molecule has 0 spiro atoms. The first-order chi connectivity index (χ1) is 9.95. The maximum Gasteiger partial charge on any atom is 0.260 e. The van der Waals surface area contributed by atoms with Gasteiger partial charge in [-0.15, -0.1) is 12.4 Å². The average molecular weight is 329 g/mol. The van der Waals surface area contributed by atoms with Crippen LogP contribution in [0, 0.1) is 6.92 Å². The van der Waals surface area contributed by atoms with Crippen molar-refractivity contribution in [3.05, 3.63) is 29.3 Å². The summed E-state index contributed by atoms with van der Waals surface area (Å²) in [5, 5.41) is 6.03. The molecule has 5 heteroatoms. The Morgan fingerprint density at radius 1 is 1.23 bits per heavy atom. The smallest absolute Gasteiger partial charge is 0.260 e. The molecule has 1 aromatic rings. The molecule has 0 saturated carbocycles. The highest BCUT2D eigenvalue weighted by Gasteiger charge is 2.15. The first-order valence-corrected chi connectivity index (χ1v) is 7.71. The molecule has 0 aromatic heterocycles. The van der Waals surface area contributed by atoms with E-state index < -0.39 is 6.10 Å². The molecular weight excluding hydrogens is 300 g/mol. The first kappa shape index (κ1) is 20.7. The summed E-state index contributed by atoms with van der Waals surface area (Å²) >= 11 is 0. The van der Waals surface area contributed by atoms with Crippen LogP contribution in [0.3, 0.4) is 0 Å². The van der Waals surface area contributed by atoms with Crippen LogP contribution in [0.15, 0.2) is 18.2 Å². The van der Waals surface area contributed by atoms with Crippen molar-refractivity contribution in [2.45, 2.75) is 46.6 Å². The van der Waals surface area contributed by atoms with E-state index >= 15 is 0 Å². The van der Waals surface area contributed by atoms with Gasteiger partial charge in [0.2, 0.25) is 0 Å². The summed E-state index contributed by atoms with van der Waals surface area (Å²) < 4.78 is 5.82. The third kappa shape index (κ3) is 6.67. The number of likely N-dealkylation sites (N-methyl/N-ethyl adjacent to an activating group) is 1. The summed E-state index contributed by atoms with van der Waals surface area (Å²) in [5.41, 5.74) is 2.27. The van der Waals surface area contributed by atoms with E-state index in [1.54, 1.807) is 6.92 Å². The molecule has 1 unspecified atom stereocenters. The molecule has 0 aliphatic carbocycles. The molecule has 0 radical (unpaired) electrons. The van der Waals surface area contributed by atoms with Crippen molar-refractivity contribution < 1.29 is 9.53 Å². The summed E-state index contributed by atoms with van der Waals surface area (Å²) in [4.78, 5) is 12.0. The fraction of sp³-hybridized carbons (Fsp3) is 0.588. The number of benzene rings is 1. The number of rotatable bonds is 8. The molecule has 0 aliphatic heterocycles. The Morgan fingerprint density at radius 3 is 2.50 bits per heavy atom. The predicted octanol–water partition coefficient (Wildman–Crippen LogP) is 3.03. The van der Waals surface area contributed by atoms with Gasteiger partial charge in [-0.1, -0.05) is 32.9 Å². The molecule has 126 valence electrons. The molecule has 1 rings (SSSR count).